The highest BCUT2D eigenvalue weighted by atomic mass is 32.2. The molecule has 28 heavy (non-hydrogen) atoms. The zero-order valence-electron chi connectivity index (χ0n) is 15.2. The Labute approximate surface area is 172 Å². The molecule has 0 amide bonds. The summed E-state index contributed by atoms with van der Waals surface area (Å²) in [6.07, 6.45) is 0. The maximum Gasteiger partial charge on any atom is 0.206 e. The highest BCUT2D eigenvalue weighted by molar-refractivity contribution is 8.00. The fourth-order valence-corrected chi connectivity index (χ4v) is 4.95. The lowest BCUT2D eigenvalue weighted by molar-refractivity contribution is 0.543. The van der Waals surface area contributed by atoms with E-state index in [4.69, 9.17) is 17.6 Å². The molecule has 2 aromatic carbocycles. The summed E-state index contributed by atoms with van der Waals surface area (Å²) in [7, 11) is 0. The van der Waals surface area contributed by atoms with Crippen molar-refractivity contribution in [3.05, 3.63) is 48.2 Å². The van der Waals surface area contributed by atoms with Crippen molar-refractivity contribution in [3.8, 4) is 22.5 Å². The molecule has 2 N–H and O–H groups in total. The first-order chi connectivity index (χ1) is 13.7. The number of benzene rings is 2. The zero-order valence-corrected chi connectivity index (χ0v) is 16.9. The molecule has 140 valence electrons. The molecule has 0 bridgehead atoms. The average molecular weight is 407 g/mol. The molecule has 5 rings (SSSR count). The van der Waals surface area contributed by atoms with Gasteiger partial charge in [0.05, 0.1) is 5.52 Å². The van der Waals surface area contributed by atoms with Crippen LogP contribution in [-0.4, -0.2) is 43.9 Å². The van der Waals surface area contributed by atoms with Crippen LogP contribution < -0.4 is 5.32 Å². The monoisotopic (exact) mass is 406 g/mol. The number of aromatic amines is 1. The van der Waals surface area contributed by atoms with Crippen molar-refractivity contribution in [2.75, 3.05) is 13.1 Å². The minimum atomic E-state index is 0.541. The number of fused-ring (bicyclic) bond motifs is 1. The molecule has 0 saturated carbocycles. The number of para-hydroxylation sites is 1. The molecular weight excluding hydrogens is 388 g/mol. The highest BCUT2D eigenvalue weighted by Gasteiger charge is 2.23. The fraction of sp³-hybridized carbons (Fsp3) is 0.200. The summed E-state index contributed by atoms with van der Waals surface area (Å²) in [4.78, 5) is 6.80. The number of nitrogens with zero attached hydrogens (tertiary/aromatic N) is 4. The lowest BCUT2D eigenvalue weighted by atomic mass is 9.96. The third-order valence-corrected chi connectivity index (χ3v) is 6.77. The first-order valence-electron chi connectivity index (χ1n) is 9.04. The van der Waals surface area contributed by atoms with Crippen LogP contribution in [0.3, 0.4) is 0 Å². The zero-order chi connectivity index (χ0) is 19.1. The molecule has 6 nitrogen and oxygen atoms in total. The summed E-state index contributed by atoms with van der Waals surface area (Å²) in [6.45, 7) is 4.04. The van der Waals surface area contributed by atoms with Gasteiger partial charge in [-0.3, -0.25) is 4.98 Å². The summed E-state index contributed by atoms with van der Waals surface area (Å²) in [5.74, 6) is 0.541. The quantitative estimate of drug-likeness (QED) is 0.448. The van der Waals surface area contributed by atoms with E-state index < -0.39 is 0 Å². The molecule has 0 aliphatic carbocycles. The van der Waals surface area contributed by atoms with Gasteiger partial charge in [0, 0.05) is 50.3 Å². The van der Waals surface area contributed by atoms with Gasteiger partial charge in [0.25, 0.3) is 0 Å². The van der Waals surface area contributed by atoms with Crippen molar-refractivity contribution in [2.24, 2.45) is 0 Å². The number of H-pyrrole nitrogens is 1. The largest absolute Gasteiger partial charge is 0.314 e. The standard InChI is InChI=1S/C20H18N6S2/c1-11-5-6-12-3-2-4-15(18(12)22-11)14-7-8-16(28-13-9-21-10-13)19(27)17(14)20-23-25-26-24-20/h2-8,13,21,27H,9-10H2,1H3,(H,23,24,25,26). The lowest BCUT2D eigenvalue weighted by Gasteiger charge is -2.27. The summed E-state index contributed by atoms with van der Waals surface area (Å²) in [6, 6.07) is 14.6. The van der Waals surface area contributed by atoms with E-state index in [1.54, 1.807) is 0 Å². The van der Waals surface area contributed by atoms with Crippen LogP contribution in [0.1, 0.15) is 5.69 Å². The number of thiol groups is 1. The average Bonchev–Trinajstić information content (AvgIpc) is 3.19. The Morgan fingerprint density at radius 2 is 1.96 bits per heavy atom. The van der Waals surface area contributed by atoms with Gasteiger partial charge in [-0.1, -0.05) is 30.3 Å². The number of pyridine rings is 1. The number of aromatic nitrogens is 5. The molecule has 1 saturated heterocycles. The van der Waals surface area contributed by atoms with Crippen molar-refractivity contribution < 1.29 is 0 Å². The highest BCUT2D eigenvalue weighted by Crippen LogP contribution is 2.43. The van der Waals surface area contributed by atoms with E-state index in [1.807, 2.05) is 24.8 Å². The van der Waals surface area contributed by atoms with Crippen LogP contribution in [0.4, 0.5) is 0 Å². The van der Waals surface area contributed by atoms with Gasteiger partial charge in [0.15, 0.2) is 0 Å². The molecule has 1 fully saturated rings. The van der Waals surface area contributed by atoms with Crippen molar-refractivity contribution in [1.82, 2.24) is 30.9 Å². The molecule has 1 aliphatic heterocycles. The first kappa shape index (κ1) is 17.7. The molecule has 3 heterocycles. The Bertz CT molecular complexity index is 1160. The third kappa shape index (κ3) is 3.07. The summed E-state index contributed by atoms with van der Waals surface area (Å²) in [5, 5.41) is 19.8. The van der Waals surface area contributed by atoms with Crippen molar-refractivity contribution in [1.29, 1.82) is 0 Å². The molecule has 4 aromatic rings. The van der Waals surface area contributed by atoms with E-state index in [9.17, 15) is 0 Å². The number of aryl methyl sites for hydroxylation is 1. The number of hydrogen-bond donors (Lipinski definition) is 3. The van der Waals surface area contributed by atoms with E-state index in [2.05, 4.69) is 62.3 Å². The Kier molecular flexibility index (Phi) is 4.54. The van der Waals surface area contributed by atoms with E-state index in [-0.39, 0.29) is 0 Å². The van der Waals surface area contributed by atoms with E-state index in [0.29, 0.717) is 11.1 Å². The number of tetrazole rings is 1. The van der Waals surface area contributed by atoms with Gasteiger partial charge < -0.3 is 5.32 Å². The lowest BCUT2D eigenvalue weighted by Crippen LogP contribution is -2.44. The minimum Gasteiger partial charge on any atom is -0.314 e. The van der Waals surface area contributed by atoms with Crippen LogP contribution in [0.15, 0.2) is 52.3 Å². The molecule has 0 atom stereocenters. The number of rotatable bonds is 4. The van der Waals surface area contributed by atoms with Crippen LogP contribution >= 0.6 is 24.4 Å². The maximum absolute atomic E-state index is 4.89. The Balaban J connectivity index is 1.74. The van der Waals surface area contributed by atoms with Crippen LogP contribution in [0.2, 0.25) is 0 Å². The van der Waals surface area contributed by atoms with Crippen molar-refractivity contribution >= 4 is 35.3 Å². The topological polar surface area (TPSA) is 79.4 Å². The van der Waals surface area contributed by atoms with E-state index in [0.717, 1.165) is 56.2 Å². The Morgan fingerprint density at radius 3 is 2.71 bits per heavy atom. The molecule has 0 spiro atoms. The Morgan fingerprint density at radius 1 is 1.07 bits per heavy atom. The van der Waals surface area contributed by atoms with Crippen molar-refractivity contribution in [3.63, 3.8) is 0 Å². The fourth-order valence-electron chi connectivity index (χ4n) is 3.37. The third-order valence-electron chi connectivity index (χ3n) is 4.90. The van der Waals surface area contributed by atoms with Gasteiger partial charge >= 0.3 is 0 Å². The van der Waals surface area contributed by atoms with Gasteiger partial charge in [-0.15, -0.1) is 34.6 Å². The SMILES string of the molecule is Cc1ccc2cccc(-c3ccc(SC4CNC4)c(S)c3-c3nn[nH]n3)c2n1. The van der Waals surface area contributed by atoms with Gasteiger partial charge in [-0.05, 0) is 29.8 Å². The van der Waals surface area contributed by atoms with Gasteiger partial charge in [-0.25, -0.2) is 0 Å². The first-order valence-corrected chi connectivity index (χ1v) is 10.4. The van der Waals surface area contributed by atoms with Crippen LogP contribution in [0.5, 0.6) is 0 Å². The summed E-state index contributed by atoms with van der Waals surface area (Å²) >= 11 is 6.72. The second-order valence-corrected chi connectivity index (χ2v) is 8.59. The molecule has 2 aromatic heterocycles. The van der Waals surface area contributed by atoms with Crippen LogP contribution in [-0.2, 0) is 0 Å². The van der Waals surface area contributed by atoms with Crippen LogP contribution in [0, 0.1) is 6.92 Å². The molecule has 8 heteroatoms. The maximum atomic E-state index is 4.89. The number of nitrogens with one attached hydrogen (secondary N) is 2. The molecule has 0 radical (unpaired) electrons. The second-order valence-electron chi connectivity index (χ2n) is 6.80. The number of hydrogen-bond acceptors (Lipinski definition) is 7. The van der Waals surface area contributed by atoms with Gasteiger partial charge in [-0.2, -0.15) is 5.21 Å². The molecule has 0 unspecified atom stereocenters. The van der Waals surface area contributed by atoms with Crippen LogP contribution in [0.25, 0.3) is 33.4 Å². The summed E-state index contributed by atoms with van der Waals surface area (Å²) in [5.41, 5.74) is 4.87. The van der Waals surface area contributed by atoms with E-state index in [1.165, 1.54) is 0 Å². The normalized spacial score (nSPS) is 14.4. The van der Waals surface area contributed by atoms with Gasteiger partial charge in [0.2, 0.25) is 5.82 Å². The number of thioether (sulfide) groups is 1. The molecular formula is C20H18N6S2. The van der Waals surface area contributed by atoms with Gasteiger partial charge in [0.1, 0.15) is 0 Å². The van der Waals surface area contributed by atoms with E-state index >= 15 is 0 Å². The second kappa shape index (κ2) is 7.20. The molecule has 1 aliphatic rings. The Hall–Kier alpha value is -2.42. The van der Waals surface area contributed by atoms with Crippen molar-refractivity contribution in [2.45, 2.75) is 22.0 Å². The predicted molar refractivity (Wildman–Crippen MR) is 115 cm³/mol. The smallest absolute Gasteiger partial charge is 0.206 e. The minimum absolute atomic E-state index is 0.541. The summed E-state index contributed by atoms with van der Waals surface area (Å²) < 4.78 is 0. The predicted octanol–water partition coefficient (Wildman–Crippen LogP) is 3.74.